The van der Waals surface area contributed by atoms with Crippen LogP contribution in [0.3, 0.4) is 0 Å². The molecule has 0 aromatic heterocycles. The molecule has 5 heteroatoms. The lowest BCUT2D eigenvalue weighted by molar-refractivity contribution is 0.0982. The second-order valence-electron chi connectivity index (χ2n) is 4.46. The summed E-state index contributed by atoms with van der Waals surface area (Å²) < 4.78 is 26.8. The van der Waals surface area contributed by atoms with Crippen LogP contribution in [0.2, 0.25) is 5.02 Å². The van der Waals surface area contributed by atoms with Crippen LogP contribution >= 0.6 is 11.6 Å². The molecule has 100 valence electrons. The summed E-state index contributed by atoms with van der Waals surface area (Å²) in [4.78, 5) is 16.3. The lowest BCUT2D eigenvalue weighted by atomic mass is 9.89. The molecule has 0 aliphatic carbocycles. The molecule has 1 atom stereocenters. The topological polar surface area (TPSA) is 29.4 Å². The second-order valence-corrected chi connectivity index (χ2v) is 4.89. The molecular formula is C15H8ClF2NO. The van der Waals surface area contributed by atoms with Crippen LogP contribution in [0, 0.1) is 11.6 Å². The first-order chi connectivity index (χ1) is 9.56. The van der Waals surface area contributed by atoms with Gasteiger partial charge in [0, 0.05) is 17.3 Å². The monoisotopic (exact) mass is 291 g/mol. The average molecular weight is 292 g/mol. The smallest absolute Gasteiger partial charge is 0.178 e. The molecule has 1 unspecified atom stereocenters. The second kappa shape index (κ2) is 4.80. The first-order valence-electron chi connectivity index (χ1n) is 5.89. The minimum Gasteiger partial charge on any atom is -0.293 e. The average Bonchev–Trinajstić information content (AvgIpc) is 2.41. The number of carbonyl (C=O) groups excluding carboxylic acids is 1. The van der Waals surface area contributed by atoms with Gasteiger partial charge in [-0.1, -0.05) is 23.7 Å². The maximum absolute atomic E-state index is 13.6. The van der Waals surface area contributed by atoms with E-state index in [9.17, 15) is 13.6 Å². The number of ketones is 1. The molecule has 0 N–H and O–H groups in total. The standard InChI is InChI=1S/C15H8ClF2NO/c16-9-3-1-8(2-4-9)12-7-19-14-11(15(12)20)5-10(17)6-13(14)18/h1-7,12H. The van der Waals surface area contributed by atoms with Crippen LogP contribution in [0.25, 0.3) is 0 Å². The Labute approximate surface area is 118 Å². The molecule has 2 aromatic rings. The van der Waals surface area contributed by atoms with Crippen LogP contribution in [-0.4, -0.2) is 12.0 Å². The molecule has 2 aromatic carbocycles. The normalized spacial score (nSPS) is 17.1. The van der Waals surface area contributed by atoms with Crippen molar-refractivity contribution in [3.05, 3.63) is 64.2 Å². The van der Waals surface area contributed by atoms with Crippen molar-refractivity contribution < 1.29 is 13.6 Å². The third-order valence-corrected chi connectivity index (χ3v) is 3.41. The molecule has 0 spiro atoms. The first kappa shape index (κ1) is 12.9. The number of fused-ring (bicyclic) bond motifs is 1. The van der Waals surface area contributed by atoms with Crippen LogP contribution in [0.15, 0.2) is 41.4 Å². The van der Waals surface area contributed by atoms with Crippen LogP contribution in [0.5, 0.6) is 0 Å². The maximum atomic E-state index is 13.6. The molecule has 20 heavy (non-hydrogen) atoms. The lowest BCUT2D eigenvalue weighted by Crippen LogP contribution is -2.18. The van der Waals surface area contributed by atoms with Gasteiger partial charge in [-0.3, -0.25) is 9.79 Å². The van der Waals surface area contributed by atoms with Crippen LogP contribution < -0.4 is 0 Å². The van der Waals surface area contributed by atoms with Gasteiger partial charge in [0.2, 0.25) is 0 Å². The Kier molecular flexibility index (Phi) is 3.10. The molecule has 0 amide bonds. The van der Waals surface area contributed by atoms with Crippen LogP contribution in [-0.2, 0) is 0 Å². The van der Waals surface area contributed by atoms with E-state index in [0.29, 0.717) is 16.7 Å². The van der Waals surface area contributed by atoms with Gasteiger partial charge in [-0.05, 0) is 23.8 Å². The summed E-state index contributed by atoms with van der Waals surface area (Å²) in [5.41, 5.74) is 0.532. The minimum absolute atomic E-state index is 0.0371. The number of hydrogen-bond acceptors (Lipinski definition) is 2. The van der Waals surface area contributed by atoms with E-state index >= 15 is 0 Å². The van der Waals surface area contributed by atoms with Gasteiger partial charge in [-0.2, -0.15) is 0 Å². The molecular weight excluding hydrogens is 284 g/mol. The van der Waals surface area contributed by atoms with Crippen molar-refractivity contribution in [1.82, 2.24) is 0 Å². The molecule has 1 aliphatic rings. The number of halogens is 3. The van der Waals surface area contributed by atoms with Crippen molar-refractivity contribution >= 4 is 29.3 Å². The van der Waals surface area contributed by atoms with Crippen molar-refractivity contribution in [2.75, 3.05) is 0 Å². The summed E-state index contributed by atoms with van der Waals surface area (Å²) in [6.07, 6.45) is 1.37. The summed E-state index contributed by atoms with van der Waals surface area (Å²) in [7, 11) is 0. The lowest BCUT2D eigenvalue weighted by Gasteiger charge is -2.18. The van der Waals surface area contributed by atoms with E-state index in [-0.39, 0.29) is 17.0 Å². The number of benzene rings is 2. The highest BCUT2D eigenvalue weighted by molar-refractivity contribution is 6.30. The number of carbonyl (C=O) groups is 1. The van der Waals surface area contributed by atoms with E-state index in [1.54, 1.807) is 24.3 Å². The Balaban J connectivity index is 2.07. The van der Waals surface area contributed by atoms with Crippen molar-refractivity contribution in [3.63, 3.8) is 0 Å². The zero-order valence-electron chi connectivity index (χ0n) is 10.1. The van der Waals surface area contributed by atoms with Crippen molar-refractivity contribution in [1.29, 1.82) is 0 Å². The van der Waals surface area contributed by atoms with Gasteiger partial charge in [0.05, 0.1) is 11.5 Å². The molecule has 0 saturated heterocycles. The van der Waals surface area contributed by atoms with Crippen LogP contribution in [0.4, 0.5) is 14.5 Å². The van der Waals surface area contributed by atoms with E-state index in [1.165, 1.54) is 6.21 Å². The summed E-state index contributed by atoms with van der Waals surface area (Å²) in [6, 6.07) is 8.42. The van der Waals surface area contributed by atoms with Gasteiger partial charge in [-0.15, -0.1) is 0 Å². The largest absolute Gasteiger partial charge is 0.293 e. The highest BCUT2D eigenvalue weighted by Gasteiger charge is 2.28. The summed E-state index contributed by atoms with van der Waals surface area (Å²) in [5.74, 6) is -2.66. The number of Topliss-reactive ketones (excluding diaryl/α,β-unsaturated/α-hetero) is 1. The van der Waals surface area contributed by atoms with E-state index in [4.69, 9.17) is 11.6 Å². The van der Waals surface area contributed by atoms with Gasteiger partial charge in [-0.25, -0.2) is 8.78 Å². The number of rotatable bonds is 1. The van der Waals surface area contributed by atoms with Gasteiger partial charge in [0.15, 0.2) is 11.6 Å². The fourth-order valence-electron chi connectivity index (χ4n) is 2.18. The van der Waals surface area contributed by atoms with Crippen molar-refractivity contribution in [2.24, 2.45) is 4.99 Å². The quantitative estimate of drug-likeness (QED) is 0.770. The van der Waals surface area contributed by atoms with E-state index in [2.05, 4.69) is 4.99 Å². The predicted octanol–water partition coefficient (Wildman–Crippen LogP) is 4.30. The molecule has 0 saturated carbocycles. The molecule has 3 rings (SSSR count). The molecule has 1 aliphatic heterocycles. The Morgan fingerprint density at radius 3 is 2.50 bits per heavy atom. The Hall–Kier alpha value is -2.07. The maximum Gasteiger partial charge on any atom is 0.178 e. The fourth-order valence-corrected chi connectivity index (χ4v) is 2.30. The SMILES string of the molecule is O=C1c2cc(F)cc(F)c2N=CC1c1ccc(Cl)cc1. The number of aliphatic imine (C=N–C) groups is 1. The van der Waals surface area contributed by atoms with E-state index in [0.717, 1.165) is 6.07 Å². The Bertz CT molecular complexity index is 725. The predicted molar refractivity (Wildman–Crippen MR) is 73.0 cm³/mol. The first-order valence-corrected chi connectivity index (χ1v) is 6.27. The molecule has 1 heterocycles. The van der Waals surface area contributed by atoms with Gasteiger partial charge < -0.3 is 0 Å². The highest BCUT2D eigenvalue weighted by Crippen LogP contribution is 2.33. The number of nitrogens with zero attached hydrogens (tertiary/aromatic N) is 1. The fraction of sp³-hybridized carbons (Fsp3) is 0.0667. The number of hydrogen-bond donors (Lipinski definition) is 0. The summed E-state index contributed by atoms with van der Waals surface area (Å²) >= 11 is 5.79. The van der Waals surface area contributed by atoms with Crippen molar-refractivity contribution in [2.45, 2.75) is 5.92 Å². The molecule has 0 radical (unpaired) electrons. The molecule has 0 bridgehead atoms. The van der Waals surface area contributed by atoms with E-state index in [1.807, 2.05) is 0 Å². The zero-order chi connectivity index (χ0) is 14.3. The molecule has 2 nitrogen and oxygen atoms in total. The summed E-state index contributed by atoms with van der Waals surface area (Å²) in [6.45, 7) is 0. The van der Waals surface area contributed by atoms with E-state index < -0.39 is 17.6 Å². The minimum atomic E-state index is -0.834. The van der Waals surface area contributed by atoms with Gasteiger partial charge in [0.1, 0.15) is 11.5 Å². The zero-order valence-corrected chi connectivity index (χ0v) is 10.9. The van der Waals surface area contributed by atoms with Crippen LogP contribution in [0.1, 0.15) is 21.8 Å². The molecule has 0 fully saturated rings. The summed E-state index contributed by atoms with van der Waals surface area (Å²) in [5, 5.41) is 0.548. The highest BCUT2D eigenvalue weighted by atomic mass is 35.5. The van der Waals surface area contributed by atoms with Crippen molar-refractivity contribution in [3.8, 4) is 0 Å². The third-order valence-electron chi connectivity index (χ3n) is 3.16. The van der Waals surface area contributed by atoms with Gasteiger partial charge in [0.25, 0.3) is 0 Å². The third kappa shape index (κ3) is 2.12. The van der Waals surface area contributed by atoms with Gasteiger partial charge >= 0.3 is 0 Å². The Morgan fingerprint density at radius 2 is 1.80 bits per heavy atom. The Morgan fingerprint density at radius 1 is 1.10 bits per heavy atom.